The highest BCUT2D eigenvalue weighted by molar-refractivity contribution is 6.26. The van der Waals surface area contributed by atoms with E-state index >= 15 is 0 Å². The number of carbonyl (C=O) groups is 4. The monoisotopic (exact) mass is 292 g/mol. The van der Waals surface area contributed by atoms with Crippen LogP contribution in [0.4, 0.5) is 0 Å². The van der Waals surface area contributed by atoms with Crippen molar-refractivity contribution in [2.45, 2.75) is 20.3 Å². The Morgan fingerprint density at radius 1 is 1.19 bits per heavy atom. The maximum absolute atomic E-state index is 12.5. The first-order valence-corrected chi connectivity index (χ1v) is 6.28. The summed E-state index contributed by atoms with van der Waals surface area (Å²) in [6.45, 7) is 2.53. The van der Waals surface area contributed by atoms with Gasteiger partial charge in [-0.3, -0.25) is 14.4 Å². The molecule has 0 amide bonds. The third-order valence-corrected chi connectivity index (χ3v) is 3.43. The molecule has 0 heterocycles. The average molecular weight is 292 g/mol. The van der Waals surface area contributed by atoms with Crippen LogP contribution < -0.4 is 0 Å². The zero-order chi connectivity index (χ0) is 16.2. The van der Waals surface area contributed by atoms with Gasteiger partial charge in [0, 0.05) is 5.56 Å². The second kappa shape index (κ2) is 6.30. The summed E-state index contributed by atoms with van der Waals surface area (Å²) in [6.07, 6.45) is -0.168. The Labute approximate surface area is 121 Å². The van der Waals surface area contributed by atoms with Crippen molar-refractivity contribution in [3.8, 4) is 0 Å². The third kappa shape index (κ3) is 2.84. The first-order chi connectivity index (χ1) is 9.81. The molecule has 0 spiro atoms. The average Bonchev–Trinajstić information content (AvgIpc) is 2.46. The lowest BCUT2D eigenvalue weighted by atomic mass is 9.75. The van der Waals surface area contributed by atoms with E-state index in [2.05, 4.69) is 4.74 Å². The molecule has 0 radical (unpaired) electrons. The van der Waals surface area contributed by atoms with Crippen molar-refractivity contribution < 1.29 is 29.0 Å². The first-order valence-electron chi connectivity index (χ1n) is 6.28. The molecule has 0 fully saturated rings. The van der Waals surface area contributed by atoms with Gasteiger partial charge in [-0.1, -0.05) is 19.1 Å². The van der Waals surface area contributed by atoms with Crippen LogP contribution in [-0.2, 0) is 14.3 Å². The van der Waals surface area contributed by atoms with Gasteiger partial charge in [0.25, 0.3) is 0 Å². The van der Waals surface area contributed by atoms with E-state index in [1.165, 1.54) is 38.3 Å². The summed E-state index contributed by atoms with van der Waals surface area (Å²) in [4.78, 5) is 47.1. The number of aliphatic carboxylic acids is 1. The summed E-state index contributed by atoms with van der Waals surface area (Å²) in [5.41, 5.74) is -2.03. The van der Waals surface area contributed by atoms with Gasteiger partial charge < -0.3 is 9.84 Å². The molecule has 6 nitrogen and oxygen atoms in total. The van der Waals surface area contributed by atoms with Gasteiger partial charge in [0.2, 0.25) is 0 Å². The summed E-state index contributed by atoms with van der Waals surface area (Å²) < 4.78 is 4.54. The van der Waals surface area contributed by atoms with Crippen molar-refractivity contribution >= 4 is 23.5 Å². The topological polar surface area (TPSA) is 97.7 Å². The van der Waals surface area contributed by atoms with Crippen molar-refractivity contribution in [1.29, 1.82) is 0 Å². The summed E-state index contributed by atoms with van der Waals surface area (Å²) in [5.74, 6) is -3.72. The van der Waals surface area contributed by atoms with Crippen LogP contribution in [0.3, 0.4) is 0 Å². The van der Waals surface area contributed by atoms with Gasteiger partial charge >= 0.3 is 11.9 Å². The molecule has 0 aliphatic heterocycles. The SMILES string of the molecule is CCC(C(C)=O)(C(=O)O)C(=O)c1cccc(C(=O)OC)c1. The largest absolute Gasteiger partial charge is 0.480 e. The quantitative estimate of drug-likeness (QED) is 0.487. The Bertz CT molecular complexity index is 588. The van der Waals surface area contributed by atoms with E-state index in [0.717, 1.165) is 6.92 Å². The Morgan fingerprint density at radius 3 is 2.19 bits per heavy atom. The van der Waals surface area contributed by atoms with Crippen molar-refractivity contribution in [3.63, 3.8) is 0 Å². The number of carboxylic acid groups (broad SMARTS) is 1. The van der Waals surface area contributed by atoms with Crippen molar-refractivity contribution in [3.05, 3.63) is 35.4 Å². The maximum atomic E-state index is 12.5. The van der Waals surface area contributed by atoms with Crippen LogP contribution in [-0.4, -0.2) is 35.7 Å². The summed E-state index contributed by atoms with van der Waals surface area (Å²) >= 11 is 0. The van der Waals surface area contributed by atoms with Crippen LogP contribution in [0.5, 0.6) is 0 Å². The van der Waals surface area contributed by atoms with Crippen molar-refractivity contribution in [1.82, 2.24) is 0 Å². The van der Waals surface area contributed by atoms with E-state index < -0.39 is 28.9 Å². The summed E-state index contributed by atoms with van der Waals surface area (Å²) in [7, 11) is 1.19. The highest BCUT2D eigenvalue weighted by Crippen LogP contribution is 2.29. The van der Waals surface area contributed by atoms with E-state index in [4.69, 9.17) is 0 Å². The molecule has 0 aliphatic rings. The smallest absolute Gasteiger partial charge is 0.337 e. The third-order valence-electron chi connectivity index (χ3n) is 3.43. The number of carboxylic acids is 1. The van der Waals surface area contributed by atoms with Gasteiger partial charge in [-0.15, -0.1) is 0 Å². The van der Waals surface area contributed by atoms with Gasteiger partial charge in [0.05, 0.1) is 12.7 Å². The standard InChI is InChI=1S/C15H16O6/c1-4-15(9(2)16,14(19)20)12(17)10-6-5-7-11(8-10)13(18)21-3/h5-8H,4H2,1-3H3,(H,19,20). The highest BCUT2D eigenvalue weighted by Gasteiger charge is 2.49. The summed E-state index contributed by atoms with van der Waals surface area (Å²) in [5, 5.41) is 9.32. The second-order valence-corrected chi connectivity index (χ2v) is 4.52. The predicted octanol–water partition coefficient (Wildman–Crippen LogP) is 1.73. The van der Waals surface area contributed by atoms with E-state index in [9.17, 15) is 24.3 Å². The van der Waals surface area contributed by atoms with Gasteiger partial charge in [0.1, 0.15) is 0 Å². The number of ketones is 2. The maximum Gasteiger partial charge on any atom is 0.337 e. The van der Waals surface area contributed by atoms with Gasteiger partial charge in [-0.05, 0) is 25.5 Å². The number of hydrogen-bond acceptors (Lipinski definition) is 5. The lowest BCUT2D eigenvalue weighted by molar-refractivity contribution is -0.150. The van der Waals surface area contributed by atoms with Gasteiger partial charge in [0.15, 0.2) is 17.0 Å². The van der Waals surface area contributed by atoms with Crippen LogP contribution in [0, 0.1) is 5.41 Å². The predicted molar refractivity (Wildman–Crippen MR) is 73.2 cm³/mol. The van der Waals surface area contributed by atoms with Crippen molar-refractivity contribution in [2.75, 3.05) is 7.11 Å². The van der Waals surface area contributed by atoms with Gasteiger partial charge in [-0.25, -0.2) is 4.79 Å². The molecule has 21 heavy (non-hydrogen) atoms. The molecule has 1 rings (SSSR count). The zero-order valence-corrected chi connectivity index (χ0v) is 12.0. The number of esters is 1. The molecule has 0 saturated carbocycles. The van der Waals surface area contributed by atoms with Crippen LogP contribution >= 0.6 is 0 Å². The van der Waals surface area contributed by atoms with Crippen LogP contribution in [0.2, 0.25) is 0 Å². The Kier molecular flexibility index (Phi) is 4.97. The normalized spacial score (nSPS) is 13.1. The van der Waals surface area contributed by atoms with Crippen LogP contribution in [0.1, 0.15) is 41.0 Å². The van der Waals surface area contributed by atoms with E-state index in [1.54, 1.807) is 0 Å². The van der Waals surface area contributed by atoms with E-state index in [0.29, 0.717) is 0 Å². The number of hydrogen-bond donors (Lipinski definition) is 1. The summed E-state index contributed by atoms with van der Waals surface area (Å²) in [6, 6.07) is 5.46. The molecular weight excluding hydrogens is 276 g/mol. The molecule has 1 N–H and O–H groups in total. The molecule has 0 saturated heterocycles. The number of carbonyl (C=O) groups excluding carboxylic acids is 3. The fourth-order valence-electron chi connectivity index (χ4n) is 2.12. The van der Waals surface area contributed by atoms with Gasteiger partial charge in [-0.2, -0.15) is 0 Å². The number of benzene rings is 1. The molecule has 0 bridgehead atoms. The molecule has 0 aliphatic carbocycles. The molecular formula is C15H16O6. The minimum Gasteiger partial charge on any atom is -0.480 e. The Morgan fingerprint density at radius 2 is 1.76 bits per heavy atom. The van der Waals surface area contributed by atoms with E-state index in [-0.39, 0.29) is 17.5 Å². The Hall–Kier alpha value is -2.50. The first kappa shape index (κ1) is 16.6. The highest BCUT2D eigenvalue weighted by atomic mass is 16.5. The molecule has 0 aromatic heterocycles. The molecule has 1 aromatic carbocycles. The Balaban J connectivity index is 3.38. The zero-order valence-electron chi connectivity index (χ0n) is 12.0. The minimum atomic E-state index is -2.13. The van der Waals surface area contributed by atoms with E-state index in [1.807, 2.05) is 0 Å². The van der Waals surface area contributed by atoms with Crippen LogP contribution in [0.25, 0.3) is 0 Å². The van der Waals surface area contributed by atoms with Crippen LogP contribution in [0.15, 0.2) is 24.3 Å². The molecule has 1 aromatic rings. The molecule has 1 unspecified atom stereocenters. The molecule has 1 atom stereocenters. The molecule has 112 valence electrons. The number of rotatable bonds is 6. The minimum absolute atomic E-state index is 0.0163. The molecule has 6 heteroatoms. The number of ether oxygens (including phenoxy) is 1. The lowest BCUT2D eigenvalue weighted by Crippen LogP contribution is -2.45. The van der Waals surface area contributed by atoms with Crippen molar-refractivity contribution in [2.24, 2.45) is 5.41 Å². The number of Topliss-reactive ketones (excluding diaryl/α,β-unsaturated/α-hetero) is 2. The fourth-order valence-corrected chi connectivity index (χ4v) is 2.12. The lowest BCUT2D eigenvalue weighted by Gasteiger charge is -2.23. The number of methoxy groups -OCH3 is 1. The fraction of sp³-hybridized carbons (Fsp3) is 0.333. The second-order valence-electron chi connectivity index (χ2n) is 4.52.